The van der Waals surface area contributed by atoms with Gasteiger partial charge in [-0.25, -0.2) is 0 Å². The minimum absolute atomic E-state index is 0.146. The molecule has 1 heterocycles. The third-order valence-electron chi connectivity index (χ3n) is 4.03. The molecule has 1 heteroatoms. The van der Waals surface area contributed by atoms with Gasteiger partial charge in [-0.3, -0.25) is 4.98 Å². The zero-order valence-corrected chi connectivity index (χ0v) is 13.1. The second-order valence-electron chi connectivity index (χ2n) is 6.66. The van der Waals surface area contributed by atoms with E-state index in [4.69, 9.17) is 0 Å². The van der Waals surface area contributed by atoms with E-state index < -0.39 is 0 Å². The Morgan fingerprint density at radius 2 is 1.67 bits per heavy atom. The molecule has 3 aromatic rings. The van der Waals surface area contributed by atoms with Crippen LogP contribution in [0.1, 0.15) is 31.9 Å². The Morgan fingerprint density at radius 1 is 0.905 bits per heavy atom. The highest BCUT2D eigenvalue weighted by Gasteiger charge is 2.16. The van der Waals surface area contributed by atoms with Crippen LogP contribution in [0.15, 0.2) is 54.7 Å². The average molecular weight is 275 g/mol. The maximum Gasteiger partial charge on any atom is 0.0783 e. The number of fused-ring (bicyclic) bond motifs is 1. The molecule has 1 nitrogen and oxygen atoms in total. The van der Waals surface area contributed by atoms with Gasteiger partial charge in [0.1, 0.15) is 0 Å². The molecule has 0 amide bonds. The number of hydrogen-bond acceptors (Lipinski definition) is 1. The van der Waals surface area contributed by atoms with Crippen LogP contribution in [0.4, 0.5) is 0 Å². The fourth-order valence-corrected chi connectivity index (χ4v) is 2.68. The SMILES string of the molecule is Cc1ccc(C(C)(C)C)cc1-c1nccc2ccccc12. The molecule has 0 aliphatic rings. The monoisotopic (exact) mass is 275 g/mol. The Hall–Kier alpha value is -2.15. The largest absolute Gasteiger partial charge is 0.256 e. The van der Waals surface area contributed by atoms with Crippen LogP contribution in [0.3, 0.4) is 0 Å². The van der Waals surface area contributed by atoms with E-state index in [1.54, 1.807) is 0 Å². The summed E-state index contributed by atoms with van der Waals surface area (Å²) in [5.41, 5.74) is 5.08. The number of aromatic nitrogens is 1. The number of rotatable bonds is 1. The van der Waals surface area contributed by atoms with Crippen molar-refractivity contribution >= 4 is 10.8 Å². The fourth-order valence-electron chi connectivity index (χ4n) is 2.68. The lowest BCUT2D eigenvalue weighted by molar-refractivity contribution is 0.590. The van der Waals surface area contributed by atoms with Gasteiger partial charge in [-0.05, 0) is 41.0 Å². The van der Waals surface area contributed by atoms with Gasteiger partial charge in [0.05, 0.1) is 5.69 Å². The topological polar surface area (TPSA) is 12.9 Å². The van der Waals surface area contributed by atoms with E-state index in [2.05, 4.69) is 81.2 Å². The zero-order valence-electron chi connectivity index (χ0n) is 13.1. The van der Waals surface area contributed by atoms with E-state index in [-0.39, 0.29) is 5.41 Å². The predicted molar refractivity (Wildman–Crippen MR) is 90.6 cm³/mol. The first kappa shape index (κ1) is 13.8. The summed E-state index contributed by atoms with van der Waals surface area (Å²) in [6, 6.07) is 17.3. The summed E-state index contributed by atoms with van der Waals surface area (Å²) < 4.78 is 0. The molecule has 106 valence electrons. The summed E-state index contributed by atoms with van der Waals surface area (Å²) in [6.45, 7) is 8.90. The molecule has 0 N–H and O–H groups in total. The van der Waals surface area contributed by atoms with Crippen LogP contribution < -0.4 is 0 Å². The summed E-state index contributed by atoms with van der Waals surface area (Å²) in [5, 5.41) is 2.46. The second kappa shape index (κ2) is 5.00. The van der Waals surface area contributed by atoms with Gasteiger partial charge in [0.25, 0.3) is 0 Å². The van der Waals surface area contributed by atoms with Crippen LogP contribution in [0.5, 0.6) is 0 Å². The molecule has 2 aromatic carbocycles. The Balaban J connectivity index is 2.28. The lowest BCUT2D eigenvalue weighted by atomic mass is 9.84. The maximum atomic E-state index is 4.66. The zero-order chi connectivity index (χ0) is 15.0. The summed E-state index contributed by atoms with van der Waals surface area (Å²) >= 11 is 0. The third-order valence-corrected chi connectivity index (χ3v) is 4.03. The number of pyridine rings is 1. The minimum Gasteiger partial charge on any atom is -0.256 e. The first-order valence-corrected chi connectivity index (χ1v) is 7.42. The summed E-state index contributed by atoms with van der Waals surface area (Å²) in [7, 11) is 0. The van der Waals surface area contributed by atoms with Crippen molar-refractivity contribution in [2.75, 3.05) is 0 Å². The van der Waals surface area contributed by atoms with Gasteiger partial charge in [-0.2, -0.15) is 0 Å². The highest BCUT2D eigenvalue weighted by molar-refractivity contribution is 5.95. The lowest BCUT2D eigenvalue weighted by Gasteiger charge is -2.21. The minimum atomic E-state index is 0.146. The number of aryl methyl sites for hydroxylation is 1. The summed E-state index contributed by atoms with van der Waals surface area (Å²) in [4.78, 5) is 4.66. The number of nitrogens with zero attached hydrogens (tertiary/aromatic N) is 1. The molecule has 1 aromatic heterocycles. The third kappa shape index (κ3) is 2.56. The first-order chi connectivity index (χ1) is 9.97. The van der Waals surface area contributed by atoms with Gasteiger partial charge in [0, 0.05) is 17.1 Å². The van der Waals surface area contributed by atoms with Crippen molar-refractivity contribution in [2.45, 2.75) is 33.1 Å². The molecule has 0 atom stereocenters. The molecule has 0 aliphatic heterocycles. The molecule has 0 unspecified atom stereocenters. The molecule has 21 heavy (non-hydrogen) atoms. The van der Waals surface area contributed by atoms with Crippen LogP contribution in [0.2, 0.25) is 0 Å². The lowest BCUT2D eigenvalue weighted by Crippen LogP contribution is -2.11. The maximum absolute atomic E-state index is 4.66. The van der Waals surface area contributed by atoms with E-state index in [0.717, 1.165) is 5.69 Å². The standard InChI is InChI=1S/C20H21N/c1-14-9-10-16(20(2,3)4)13-18(14)19-17-8-6-5-7-15(17)11-12-21-19/h5-13H,1-4H3. The first-order valence-electron chi connectivity index (χ1n) is 7.42. The molecule has 0 spiro atoms. The van der Waals surface area contributed by atoms with Crippen molar-refractivity contribution in [1.29, 1.82) is 0 Å². The van der Waals surface area contributed by atoms with E-state index in [1.165, 1.54) is 27.5 Å². The Kier molecular flexibility index (Phi) is 3.29. The Bertz CT molecular complexity index is 789. The van der Waals surface area contributed by atoms with Gasteiger partial charge in [-0.15, -0.1) is 0 Å². The number of benzene rings is 2. The highest BCUT2D eigenvalue weighted by atomic mass is 14.7. The highest BCUT2D eigenvalue weighted by Crippen LogP contribution is 2.32. The summed E-state index contributed by atoms with van der Waals surface area (Å²) in [6.07, 6.45) is 1.90. The van der Waals surface area contributed by atoms with Crippen molar-refractivity contribution < 1.29 is 0 Å². The van der Waals surface area contributed by atoms with Crippen LogP contribution in [-0.4, -0.2) is 4.98 Å². The average Bonchev–Trinajstić information content (AvgIpc) is 2.46. The molecule has 0 saturated heterocycles. The van der Waals surface area contributed by atoms with Crippen molar-refractivity contribution in [3.8, 4) is 11.3 Å². The van der Waals surface area contributed by atoms with Crippen LogP contribution >= 0.6 is 0 Å². The van der Waals surface area contributed by atoms with E-state index >= 15 is 0 Å². The fraction of sp³-hybridized carbons (Fsp3) is 0.250. The molecule has 0 fully saturated rings. The molecular formula is C20H21N. The Labute approximate surface area is 126 Å². The van der Waals surface area contributed by atoms with Crippen molar-refractivity contribution in [1.82, 2.24) is 4.98 Å². The van der Waals surface area contributed by atoms with Gasteiger partial charge < -0.3 is 0 Å². The van der Waals surface area contributed by atoms with E-state index in [9.17, 15) is 0 Å². The number of hydrogen-bond donors (Lipinski definition) is 0. The van der Waals surface area contributed by atoms with E-state index in [1.807, 2.05) is 6.20 Å². The van der Waals surface area contributed by atoms with Crippen LogP contribution in [-0.2, 0) is 5.41 Å². The molecule has 0 aliphatic carbocycles. The molecule has 0 radical (unpaired) electrons. The van der Waals surface area contributed by atoms with Gasteiger partial charge in [-0.1, -0.05) is 57.2 Å². The molecule has 0 bridgehead atoms. The summed E-state index contributed by atoms with van der Waals surface area (Å²) in [5.74, 6) is 0. The van der Waals surface area contributed by atoms with E-state index in [0.29, 0.717) is 0 Å². The Morgan fingerprint density at radius 3 is 2.43 bits per heavy atom. The molecular weight excluding hydrogens is 254 g/mol. The normalized spacial score (nSPS) is 11.8. The van der Waals surface area contributed by atoms with Gasteiger partial charge >= 0.3 is 0 Å². The van der Waals surface area contributed by atoms with Crippen LogP contribution in [0, 0.1) is 6.92 Å². The quantitative estimate of drug-likeness (QED) is 0.571. The van der Waals surface area contributed by atoms with Crippen molar-refractivity contribution in [3.05, 3.63) is 65.9 Å². The van der Waals surface area contributed by atoms with Crippen LogP contribution in [0.25, 0.3) is 22.0 Å². The smallest absolute Gasteiger partial charge is 0.0783 e. The van der Waals surface area contributed by atoms with Gasteiger partial charge in [0.2, 0.25) is 0 Å². The molecule has 0 saturated carbocycles. The second-order valence-corrected chi connectivity index (χ2v) is 6.66. The predicted octanol–water partition coefficient (Wildman–Crippen LogP) is 5.51. The van der Waals surface area contributed by atoms with Crippen molar-refractivity contribution in [2.24, 2.45) is 0 Å². The van der Waals surface area contributed by atoms with Crippen molar-refractivity contribution in [3.63, 3.8) is 0 Å². The molecule has 3 rings (SSSR count). The van der Waals surface area contributed by atoms with Gasteiger partial charge in [0.15, 0.2) is 0 Å².